The van der Waals surface area contributed by atoms with Crippen LogP contribution >= 0.6 is 0 Å². The van der Waals surface area contributed by atoms with E-state index in [1.54, 1.807) is 6.20 Å². The zero-order chi connectivity index (χ0) is 9.97. The van der Waals surface area contributed by atoms with Crippen LogP contribution < -0.4 is 5.73 Å². The van der Waals surface area contributed by atoms with E-state index in [1.165, 1.54) is 0 Å². The first kappa shape index (κ1) is 8.74. The van der Waals surface area contributed by atoms with Gasteiger partial charge in [-0.3, -0.25) is 0 Å². The molecule has 2 aromatic rings. The summed E-state index contributed by atoms with van der Waals surface area (Å²) in [5.41, 5.74) is 7.74. The Morgan fingerprint density at radius 2 is 2.36 bits per heavy atom. The van der Waals surface area contributed by atoms with Crippen LogP contribution in [0.1, 0.15) is 6.92 Å². The lowest BCUT2D eigenvalue weighted by Crippen LogP contribution is -1.96. The Balaban J connectivity index is 2.49. The number of hydrogen-bond acceptors (Lipinski definition) is 3. The highest BCUT2D eigenvalue weighted by atomic mass is 15.0. The van der Waals surface area contributed by atoms with Gasteiger partial charge >= 0.3 is 0 Å². The van der Waals surface area contributed by atoms with Crippen molar-refractivity contribution in [2.24, 2.45) is 0 Å². The Morgan fingerprint density at radius 3 is 3.07 bits per heavy atom. The van der Waals surface area contributed by atoms with Crippen LogP contribution in [0.15, 0.2) is 30.9 Å². The van der Waals surface area contributed by atoms with Gasteiger partial charge in [0.15, 0.2) is 0 Å². The highest BCUT2D eigenvalue weighted by Gasteiger charge is 2.03. The molecule has 0 spiro atoms. The van der Waals surface area contributed by atoms with Gasteiger partial charge in [0.1, 0.15) is 5.82 Å². The minimum Gasteiger partial charge on any atom is -0.384 e. The fourth-order valence-electron chi connectivity index (χ4n) is 1.42. The summed E-state index contributed by atoms with van der Waals surface area (Å²) in [6, 6.07) is 3.78. The number of nitrogen functional groups attached to an aromatic ring is 1. The average Bonchev–Trinajstić information content (AvgIpc) is 2.65. The van der Waals surface area contributed by atoms with Gasteiger partial charge < -0.3 is 10.3 Å². The molecule has 14 heavy (non-hydrogen) atoms. The van der Waals surface area contributed by atoms with Gasteiger partial charge in [0.2, 0.25) is 0 Å². The lowest BCUT2D eigenvalue weighted by Gasteiger charge is -2.04. The predicted molar refractivity (Wildman–Crippen MR) is 55.5 cm³/mol. The minimum atomic E-state index is 0.534. The Bertz CT molecular complexity index is 433. The number of nitrogens with zero attached hydrogens (tertiary/aromatic N) is 3. The third-order valence-electron chi connectivity index (χ3n) is 2.13. The molecule has 0 saturated carbocycles. The third kappa shape index (κ3) is 1.46. The minimum absolute atomic E-state index is 0.534. The van der Waals surface area contributed by atoms with E-state index in [0.29, 0.717) is 5.82 Å². The van der Waals surface area contributed by atoms with E-state index in [9.17, 15) is 0 Å². The number of aryl methyl sites for hydroxylation is 1. The van der Waals surface area contributed by atoms with Crippen molar-refractivity contribution in [2.45, 2.75) is 13.5 Å². The lowest BCUT2D eigenvalue weighted by molar-refractivity contribution is 0.768. The summed E-state index contributed by atoms with van der Waals surface area (Å²) < 4.78 is 2.06. The highest BCUT2D eigenvalue weighted by Crippen LogP contribution is 2.19. The van der Waals surface area contributed by atoms with Crippen LogP contribution in [-0.2, 0) is 6.54 Å². The smallest absolute Gasteiger partial charge is 0.123 e. The standard InChI is InChI=1S/C10H12N4/c1-2-14-7-12-6-9(14)8-3-4-13-10(11)5-8/h3-7H,2H2,1H3,(H2,11,13). The van der Waals surface area contributed by atoms with E-state index >= 15 is 0 Å². The van der Waals surface area contributed by atoms with Crippen molar-refractivity contribution in [3.63, 3.8) is 0 Å². The van der Waals surface area contributed by atoms with Crippen molar-refractivity contribution in [1.29, 1.82) is 0 Å². The molecule has 0 amide bonds. The van der Waals surface area contributed by atoms with Crippen molar-refractivity contribution in [3.8, 4) is 11.3 Å². The maximum Gasteiger partial charge on any atom is 0.123 e. The normalized spacial score (nSPS) is 10.4. The molecule has 0 aromatic carbocycles. The van der Waals surface area contributed by atoms with Gasteiger partial charge in [-0.2, -0.15) is 0 Å². The fourth-order valence-corrected chi connectivity index (χ4v) is 1.42. The van der Waals surface area contributed by atoms with Crippen LogP contribution in [-0.4, -0.2) is 14.5 Å². The van der Waals surface area contributed by atoms with Gasteiger partial charge in [-0.05, 0) is 19.1 Å². The molecule has 0 saturated heterocycles. The molecule has 0 unspecified atom stereocenters. The van der Waals surface area contributed by atoms with Gasteiger partial charge in [-0.25, -0.2) is 9.97 Å². The van der Waals surface area contributed by atoms with Gasteiger partial charge in [-0.15, -0.1) is 0 Å². The molecule has 72 valence electrons. The second kappa shape index (κ2) is 3.49. The van der Waals surface area contributed by atoms with E-state index in [0.717, 1.165) is 17.8 Å². The predicted octanol–water partition coefficient (Wildman–Crippen LogP) is 1.55. The molecule has 4 nitrogen and oxygen atoms in total. The first-order chi connectivity index (χ1) is 6.81. The zero-order valence-corrected chi connectivity index (χ0v) is 8.01. The summed E-state index contributed by atoms with van der Waals surface area (Å²) in [5.74, 6) is 0.534. The van der Waals surface area contributed by atoms with Gasteiger partial charge in [-0.1, -0.05) is 0 Å². The van der Waals surface area contributed by atoms with Gasteiger partial charge in [0.25, 0.3) is 0 Å². The summed E-state index contributed by atoms with van der Waals surface area (Å²) in [6.45, 7) is 2.98. The van der Waals surface area contributed by atoms with Crippen LogP contribution in [0.3, 0.4) is 0 Å². The largest absolute Gasteiger partial charge is 0.384 e. The molecule has 0 radical (unpaired) electrons. The van der Waals surface area contributed by atoms with Crippen molar-refractivity contribution in [1.82, 2.24) is 14.5 Å². The molecule has 0 aliphatic heterocycles. The number of pyridine rings is 1. The highest BCUT2D eigenvalue weighted by molar-refractivity contribution is 5.61. The van der Waals surface area contributed by atoms with Crippen LogP contribution in [0.25, 0.3) is 11.3 Å². The molecule has 0 atom stereocenters. The zero-order valence-electron chi connectivity index (χ0n) is 8.01. The first-order valence-corrected chi connectivity index (χ1v) is 4.53. The first-order valence-electron chi connectivity index (χ1n) is 4.53. The second-order valence-corrected chi connectivity index (χ2v) is 3.03. The molecule has 4 heteroatoms. The van der Waals surface area contributed by atoms with Crippen LogP contribution in [0.4, 0.5) is 5.82 Å². The number of rotatable bonds is 2. The number of imidazole rings is 1. The summed E-state index contributed by atoms with van der Waals surface area (Å²) in [6.07, 6.45) is 5.35. The number of nitrogens with two attached hydrogens (primary N) is 1. The van der Waals surface area contributed by atoms with Crippen LogP contribution in [0.2, 0.25) is 0 Å². The lowest BCUT2D eigenvalue weighted by atomic mass is 10.2. The Morgan fingerprint density at radius 1 is 1.50 bits per heavy atom. The van der Waals surface area contributed by atoms with Crippen molar-refractivity contribution < 1.29 is 0 Å². The molecule has 0 aliphatic rings. The van der Waals surface area contributed by atoms with Crippen LogP contribution in [0, 0.1) is 0 Å². The number of anilines is 1. The molecule has 0 fully saturated rings. The van der Waals surface area contributed by atoms with E-state index in [-0.39, 0.29) is 0 Å². The van der Waals surface area contributed by atoms with E-state index in [2.05, 4.69) is 21.5 Å². The maximum atomic E-state index is 5.62. The van der Waals surface area contributed by atoms with E-state index in [4.69, 9.17) is 5.73 Å². The molecule has 2 aromatic heterocycles. The average molecular weight is 188 g/mol. The second-order valence-electron chi connectivity index (χ2n) is 3.03. The quantitative estimate of drug-likeness (QED) is 0.777. The Kier molecular flexibility index (Phi) is 2.18. The van der Waals surface area contributed by atoms with E-state index in [1.807, 2.05) is 24.7 Å². The molecule has 0 bridgehead atoms. The van der Waals surface area contributed by atoms with Crippen molar-refractivity contribution >= 4 is 5.82 Å². The van der Waals surface area contributed by atoms with Crippen LogP contribution in [0.5, 0.6) is 0 Å². The summed E-state index contributed by atoms with van der Waals surface area (Å²) in [5, 5.41) is 0. The molecule has 2 rings (SSSR count). The maximum absolute atomic E-state index is 5.62. The van der Waals surface area contributed by atoms with Gasteiger partial charge in [0.05, 0.1) is 18.2 Å². The monoisotopic (exact) mass is 188 g/mol. The van der Waals surface area contributed by atoms with Gasteiger partial charge in [0, 0.05) is 18.3 Å². The summed E-state index contributed by atoms with van der Waals surface area (Å²) in [4.78, 5) is 8.05. The summed E-state index contributed by atoms with van der Waals surface area (Å²) in [7, 11) is 0. The molecular formula is C10H12N4. The molecule has 2 heterocycles. The number of hydrogen-bond donors (Lipinski definition) is 1. The Hall–Kier alpha value is -1.84. The molecular weight excluding hydrogens is 176 g/mol. The fraction of sp³-hybridized carbons (Fsp3) is 0.200. The topological polar surface area (TPSA) is 56.7 Å². The molecule has 2 N–H and O–H groups in total. The molecule has 0 aliphatic carbocycles. The number of aromatic nitrogens is 3. The van der Waals surface area contributed by atoms with Crippen molar-refractivity contribution in [3.05, 3.63) is 30.9 Å². The Labute approximate surface area is 82.4 Å². The van der Waals surface area contributed by atoms with E-state index < -0.39 is 0 Å². The SMILES string of the molecule is CCn1cncc1-c1ccnc(N)c1. The third-order valence-corrected chi connectivity index (χ3v) is 2.13. The van der Waals surface area contributed by atoms with Crippen molar-refractivity contribution in [2.75, 3.05) is 5.73 Å². The summed E-state index contributed by atoms with van der Waals surface area (Å²) >= 11 is 0.